The number of rotatable bonds is 6. The van der Waals surface area contributed by atoms with Crippen molar-refractivity contribution in [2.24, 2.45) is 0 Å². The first-order chi connectivity index (χ1) is 8.10. The molecular weight excluding hydrogens is 284 g/mol. The fourth-order valence-electron chi connectivity index (χ4n) is 1.59. The highest BCUT2D eigenvalue weighted by Crippen LogP contribution is 2.17. The van der Waals surface area contributed by atoms with Gasteiger partial charge in [-0.05, 0) is 42.8 Å². The van der Waals surface area contributed by atoms with Gasteiger partial charge in [-0.25, -0.2) is 0 Å². The van der Waals surface area contributed by atoms with Crippen molar-refractivity contribution in [2.45, 2.75) is 33.4 Å². The fraction of sp³-hybridized carbons (Fsp3) is 0.583. The van der Waals surface area contributed by atoms with Gasteiger partial charge in [0.25, 0.3) is 0 Å². The van der Waals surface area contributed by atoms with E-state index in [9.17, 15) is 4.79 Å². The minimum atomic E-state index is -0.202. The zero-order valence-corrected chi connectivity index (χ0v) is 12.1. The van der Waals surface area contributed by atoms with Crippen LogP contribution in [0.1, 0.15) is 26.5 Å². The summed E-state index contributed by atoms with van der Waals surface area (Å²) in [5.41, 5.74) is 0. The molecule has 0 aliphatic carbocycles. The average Bonchev–Trinajstić information content (AvgIpc) is 2.73. The minimum absolute atomic E-state index is 0.123. The molecule has 1 amide bonds. The van der Waals surface area contributed by atoms with Gasteiger partial charge < -0.3 is 9.32 Å². The zero-order valence-electron chi connectivity index (χ0n) is 10.5. The van der Waals surface area contributed by atoms with E-state index in [0.717, 1.165) is 23.3 Å². The lowest BCUT2D eigenvalue weighted by molar-refractivity contribution is -0.132. The zero-order chi connectivity index (χ0) is 12.8. The topological polar surface area (TPSA) is 45.5 Å². The third-order valence-corrected chi connectivity index (χ3v) is 3.41. The maximum atomic E-state index is 12.0. The smallest absolute Gasteiger partial charge is 0.239 e. The number of hydrogen-bond donors (Lipinski definition) is 1. The molecule has 5 heteroatoms. The SMILES string of the molecule is CCN(CC)C(=O)C(C)NCc1occc1Br. The second-order valence-corrected chi connectivity index (χ2v) is 4.66. The van der Waals surface area contributed by atoms with Gasteiger partial charge in [-0.1, -0.05) is 0 Å². The van der Waals surface area contributed by atoms with Crippen LogP contribution in [0.15, 0.2) is 21.2 Å². The maximum Gasteiger partial charge on any atom is 0.239 e. The molecule has 1 atom stereocenters. The van der Waals surface area contributed by atoms with E-state index >= 15 is 0 Å². The van der Waals surface area contributed by atoms with Crippen molar-refractivity contribution in [3.63, 3.8) is 0 Å². The van der Waals surface area contributed by atoms with Crippen LogP contribution in [0.25, 0.3) is 0 Å². The van der Waals surface area contributed by atoms with Gasteiger partial charge in [0.05, 0.1) is 23.3 Å². The highest BCUT2D eigenvalue weighted by molar-refractivity contribution is 9.10. The Bertz CT molecular complexity index is 361. The number of amides is 1. The summed E-state index contributed by atoms with van der Waals surface area (Å²) in [7, 11) is 0. The Balaban J connectivity index is 2.47. The number of nitrogens with one attached hydrogen (secondary N) is 1. The predicted molar refractivity (Wildman–Crippen MR) is 70.6 cm³/mol. The molecule has 1 unspecified atom stereocenters. The number of carbonyl (C=O) groups is 1. The molecule has 17 heavy (non-hydrogen) atoms. The van der Waals surface area contributed by atoms with E-state index in [4.69, 9.17) is 4.42 Å². The molecule has 0 aliphatic heterocycles. The van der Waals surface area contributed by atoms with E-state index in [1.54, 1.807) is 6.26 Å². The Hall–Kier alpha value is -0.810. The first-order valence-corrected chi connectivity index (χ1v) is 6.63. The van der Waals surface area contributed by atoms with Crippen molar-refractivity contribution in [3.8, 4) is 0 Å². The average molecular weight is 303 g/mol. The Morgan fingerprint density at radius 2 is 2.18 bits per heavy atom. The van der Waals surface area contributed by atoms with Crippen molar-refractivity contribution >= 4 is 21.8 Å². The summed E-state index contributed by atoms with van der Waals surface area (Å²) >= 11 is 3.38. The molecule has 1 N–H and O–H groups in total. The first kappa shape index (κ1) is 14.3. The van der Waals surface area contributed by atoms with Gasteiger partial charge in [-0.2, -0.15) is 0 Å². The summed E-state index contributed by atoms with van der Waals surface area (Å²) in [5.74, 6) is 0.932. The van der Waals surface area contributed by atoms with Crippen LogP contribution in [-0.2, 0) is 11.3 Å². The molecule has 0 fully saturated rings. The molecular formula is C12H19BrN2O2. The fourth-order valence-corrected chi connectivity index (χ4v) is 1.94. The van der Waals surface area contributed by atoms with Crippen LogP contribution in [-0.4, -0.2) is 29.9 Å². The molecule has 4 nitrogen and oxygen atoms in total. The van der Waals surface area contributed by atoms with E-state index in [-0.39, 0.29) is 11.9 Å². The summed E-state index contributed by atoms with van der Waals surface area (Å²) in [4.78, 5) is 13.8. The van der Waals surface area contributed by atoms with Crippen molar-refractivity contribution in [2.75, 3.05) is 13.1 Å². The van der Waals surface area contributed by atoms with Gasteiger partial charge >= 0.3 is 0 Å². The normalized spacial score (nSPS) is 12.5. The Morgan fingerprint density at radius 3 is 2.65 bits per heavy atom. The second kappa shape index (κ2) is 6.81. The molecule has 0 aliphatic rings. The van der Waals surface area contributed by atoms with Gasteiger partial charge in [-0.15, -0.1) is 0 Å². The largest absolute Gasteiger partial charge is 0.467 e. The standard InChI is InChI=1S/C12H19BrN2O2/c1-4-15(5-2)12(16)9(3)14-8-11-10(13)6-7-17-11/h6-7,9,14H,4-5,8H2,1-3H3. The van der Waals surface area contributed by atoms with Crippen molar-refractivity contribution in [1.82, 2.24) is 10.2 Å². The number of hydrogen-bond acceptors (Lipinski definition) is 3. The lowest BCUT2D eigenvalue weighted by Crippen LogP contribution is -2.44. The lowest BCUT2D eigenvalue weighted by atomic mass is 10.2. The van der Waals surface area contributed by atoms with E-state index in [1.807, 2.05) is 31.7 Å². The minimum Gasteiger partial charge on any atom is -0.467 e. The molecule has 0 bridgehead atoms. The number of likely N-dealkylation sites (N-methyl/N-ethyl adjacent to an activating group) is 1. The molecule has 0 saturated carbocycles. The summed E-state index contributed by atoms with van der Waals surface area (Å²) in [5, 5.41) is 3.16. The van der Waals surface area contributed by atoms with Crippen molar-refractivity contribution < 1.29 is 9.21 Å². The van der Waals surface area contributed by atoms with E-state index in [2.05, 4.69) is 21.2 Å². The van der Waals surface area contributed by atoms with E-state index in [1.165, 1.54) is 0 Å². The predicted octanol–water partition coefficient (Wildman–Crippen LogP) is 2.39. The van der Waals surface area contributed by atoms with Crippen molar-refractivity contribution in [1.29, 1.82) is 0 Å². The summed E-state index contributed by atoms with van der Waals surface area (Å²) in [6, 6.07) is 1.64. The molecule has 96 valence electrons. The number of furan rings is 1. The molecule has 0 radical (unpaired) electrons. The van der Waals surface area contributed by atoms with Crippen LogP contribution in [0.5, 0.6) is 0 Å². The van der Waals surface area contributed by atoms with E-state index < -0.39 is 0 Å². The van der Waals surface area contributed by atoms with Crippen LogP contribution in [0, 0.1) is 0 Å². The Kier molecular flexibility index (Phi) is 5.71. The van der Waals surface area contributed by atoms with Crippen LogP contribution in [0.4, 0.5) is 0 Å². The van der Waals surface area contributed by atoms with Crippen LogP contribution in [0.2, 0.25) is 0 Å². The summed E-state index contributed by atoms with van der Waals surface area (Å²) in [6.07, 6.45) is 1.62. The maximum absolute atomic E-state index is 12.0. The van der Waals surface area contributed by atoms with Crippen LogP contribution >= 0.6 is 15.9 Å². The molecule has 1 aromatic heterocycles. The quantitative estimate of drug-likeness (QED) is 0.877. The highest BCUT2D eigenvalue weighted by atomic mass is 79.9. The molecule has 1 aromatic rings. The lowest BCUT2D eigenvalue weighted by Gasteiger charge is -2.23. The van der Waals surface area contributed by atoms with Gasteiger partial charge in [0, 0.05) is 13.1 Å². The van der Waals surface area contributed by atoms with E-state index in [0.29, 0.717) is 6.54 Å². The second-order valence-electron chi connectivity index (χ2n) is 3.80. The number of carbonyl (C=O) groups excluding carboxylic acids is 1. The molecule has 0 saturated heterocycles. The summed E-state index contributed by atoms with van der Waals surface area (Å²) < 4.78 is 6.20. The Morgan fingerprint density at radius 1 is 1.53 bits per heavy atom. The number of nitrogens with zero attached hydrogens (tertiary/aromatic N) is 1. The highest BCUT2D eigenvalue weighted by Gasteiger charge is 2.18. The van der Waals surface area contributed by atoms with Crippen LogP contribution in [0.3, 0.4) is 0 Å². The third kappa shape index (κ3) is 3.85. The van der Waals surface area contributed by atoms with Crippen LogP contribution < -0.4 is 5.32 Å². The van der Waals surface area contributed by atoms with Gasteiger partial charge in [0.15, 0.2) is 0 Å². The molecule has 1 rings (SSSR count). The van der Waals surface area contributed by atoms with Gasteiger partial charge in [-0.3, -0.25) is 10.1 Å². The molecule has 0 aromatic carbocycles. The number of halogens is 1. The molecule has 0 spiro atoms. The van der Waals surface area contributed by atoms with Crippen molar-refractivity contribution in [3.05, 3.63) is 22.6 Å². The monoisotopic (exact) mass is 302 g/mol. The van der Waals surface area contributed by atoms with Gasteiger partial charge in [0.2, 0.25) is 5.91 Å². The summed E-state index contributed by atoms with van der Waals surface area (Å²) in [6.45, 7) is 7.87. The Labute approximate surface area is 110 Å². The van der Waals surface area contributed by atoms with Gasteiger partial charge in [0.1, 0.15) is 5.76 Å². The molecule has 1 heterocycles. The third-order valence-electron chi connectivity index (χ3n) is 2.71. The first-order valence-electron chi connectivity index (χ1n) is 5.84.